The SMILES string of the molecule is C=CC1(OC(=O)COC(=O)C(C)(C)CC)CCCC1C.CCC(C)(C)C(=O)OC(C)C(=O)OC1(c2ccc(C)cc2)CCCCC1.CCC(C)(C)C(=O)OCC(=O)OC1(c2ccc(C)cc2)CCOCC1.CCC(C)(C)C(=O)OCC(=O)OC1(c2cccs2)CCCC1.CCC(C)c1ccc(O)cc1.CCC(C)c1ccc(O)cc1.CCC(C)c1ccc(O)cc1.CCC(C)c1ccc(O)cc1. The fourth-order valence-electron chi connectivity index (χ4n) is 15.1. The maximum Gasteiger partial charge on any atom is 0.348 e. The second-order valence-corrected chi connectivity index (χ2v) is 40.6. The van der Waals surface area contributed by atoms with E-state index in [9.17, 15) is 38.4 Å². The minimum Gasteiger partial charge on any atom is -0.508 e. The standard InChI is InChI=1S/C22H32O4.C20H28O5.C17H24O4S.C16H26O4.4C10H14O/c1-6-21(4,5)20(24)25-17(3)19(23)26-22(14-8-7-9-15-22)18-12-10-16(2)11-13-18;1-5-19(3,4)18(22)24-14-17(21)25-20(10-12-23-13-11-20)16-8-6-15(2)7-9-16;1-4-16(2,3)15(19)20-12-14(18)21-17(9-5-6-10-17)13-8-7-11-22-13;1-6-15(4,5)14(18)19-11-13(17)20-16(7-2)10-8-9-12(16)3;4*1-3-8(2)9-4-6-10(11)7-5-9/h10-13,17H,6-9,14-15H2,1-5H3;6-9H,5,10-14H2,1-4H3;7-8,11H,4-6,9-10,12H2,1-3H3;7,12H,2,6,8-11H2,1,3-5H3;4*4-8,11H,3H2,1-2H3. The highest BCUT2D eigenvalue weighted by Gasteiger charge is 2.45. The van der Waals surface area contributed by atoms with Crippen molar-refractivity contribution in [2.45, 2.75) is 360 Å². The van der Waals surface area contributed by atoms with Crippen LogP contribution in [-0.4, -0.2) is 113 Å². The number of ether oxygens (including phenoxy) is 9. The molecular weight excluding hydrogens is 1750 g/mol. The molecule has 4 fully saturated rings. The van der Waals surface area contributed by atoms with Crippen LogP contribution in [0.15, 0.2) is 176 Å². The summed E-state index contributed by atoms with van der Waals surface area (Å²) < 4.78 is 49.2. The lowest BCUT2D eigenvalue weighted by molar-refractivity contribution is -0.185. The van der Waals surface area contributed by atoms with Crippen molar-refractivity contribution in [1.82, 2.24) is 0 Å². The number of aryl methyl sites for hydroxylation is 2. The largest absolute Gasteiger partial charge is 0.508 e. The minimum atomic E-state index is -0.905. The highest BCUT2D eigenvalue weighted by molar-refractivity contribution is 7.10. The van der Waals surface area contributed by atoms with E-state index in [1.165, 1.54) is 27.8 Å². The molecule has 7 unspecified atom stereocenters. The second kappa shape index (κ2) is 57.9. The Morgan fingerprint density at radius 2 is 0.708 bits per heavy atom. The maximum absolute atomic E-state index is 12.7. The van der Waals surface area contributed by atoms with Crippen LogP contribution in [-0.2, 0) is 97.8 Å². The third-order valence-electron chi connectivity index (χ3n) is 27.7. The first-order chi connectivity index (χ1) is 64.6. The average molecular weight is 1920 g/mol. The zero-order valence-electron chi connectivity index (χ0n) is 87.1. The first kappa shape index (κ1) is 119. The van der Waals surface area contributed by atoms with Crippen LogP contribution in [0.2, 0.25) is 0 Å². The Hall–Kier alpha value is -10.3. The molecule has 4 aliphatic rings. The van der Waals surface area contributed by atoms with Crippen LogP contribution in [0.3, 0.4) is 0 Å². The number of hydrogen-bond donors (Lipinski definition) is 4. The number of phenols is 4. The van der Waals surface area contributed by atoms with Crippen LogP contribution in [0, 0.1) is 41.4 Å². The molecule has 1 aliphatic heterocycles. The van der Waals surface area contributed by atoms with Crippen molar-refractivity contribution in [2.24, 2.45) is 27.6 Å². The van der Waals surface area contributed by atoms with Crippen molar-refractivity contribution in [1.29, 1.82) is 0 Å². The van der Waals surface area contributed by atoms with E-state index in [-0.39, 0.29) is 49.6 Å². The van der Waals surface area contributed by atoms with Crippen LogP contribution in [0.25, 0.3) is 0 Å². The average Bonchev–Trinajstić information content (AvgIpc) is 1.50. The normalized spacial score (nSPS) is 17.2. The molecule has 137 heavy (non-hydrogen) atoms. The Labute approximate surface area is 824 Å². The monoisotopic (exact) mass is 1920 g/mol. The summed E-state index contributed by atoms with van der Waals surface area (Å²) in [6, 6.07) is 49.9. The number of hydrogen-bond acceptors (Lipinski definition) is 22. The van der Waals surface area contributed by atoms with E-state index in [1.54, 1.807) is 101 Å². The van der Waals surface area contributed by atoms with Gasteiger partial charge in [0.15, 0.2) is 25.9 Å². The summed E-state index contributed by atoms with van der Waals surface area (Å²) in [5.41, 5.74) is 4.71. The number of aromatic hydroxyl groups is 4. The summed E-state index contributed by atoms with van der Waals surface area (Å²) in [5.74, 6) is 0.575. The molecule has 3 saturated carbocycles. The summed E-state index contributed by atoms with van der Waals surface area (Å²) >= 11 is 1.61. The van der Waals surface area contributed by atoms with Gasteiger partial charge in [0, 0.05) is 17.7 Å². The van der Waals surface area contributed by atoms with Gasteiger partial charge in [-0.3, -0.25) is 19.2 Å². The molecule has 3 aliphatic carbocycles. The van der Waals surface area contributed by atoms with Crippen LogP contribution in [0.1, 0.15) is 367 Å². The highest BCUT2D eigenvalue weighted by atomic mass is 32.1. The van der Waals surface area contributed by atoms with E-state index in [1.807, 2.05) is 191 Å². The molecular formula is C115H166O21S. The first-order valence-corrected chi connectivity index (χ1v) is 50.6. The van der Waals surface area contributed by atoms with E-state index in [0.29, 0.717) is 98.4 Å². The smallest absolute Gasteiger partial charge is 0.348 e. The topological polar surface area (TPSA) is 301 Å². The van der Waals surface area contributed by atoms with Gasteiger partial charge in [-0.25, -0.2) is 19.2 Å². The van der Waals surface area contributed by atoms with Gasteiger partial charge in [0.2, 0.25) is 0 Å². The highest BCUT2D eigenvalue weighted by Crippen LogP contribution is 2.46. The van der Waals surface area contributed by atoms with E-state index in [4.69, 9.17) is 63.1 Å². The van der Waals surface area contributed by atoms with Crippen LogP contribution in [0.4, 0.5) is 0 Å². The Kier molecular flexibility index (Phi) is 50.3. The summed E-state index contributed by atoms with van der Waals surface area (Å²) in [5, 5.41) is 38.0. The molecule has 7 atom stereocenters. The Balaban J connectivity index is 0.000000335. The van der Waals surface area contributed by atoms with E-state index in [2.05, 4.69) is 62.0 Å². The Morgan fingerprint density at radius 1 is 0.401 bits per heavy atom. The molecule has 1 aromatic heterocycles. The van der Waals surface area contributed by atoms with Gasteiger partial charge in [0.25, 0.3) is 0 Å². The van der Waals surface area contributed by atoms with Gasteiger partial charge in [-0.15, -0.1) is 11.3 Å². The quantitative estimate of drug-likeness (QED) is 0.0173. The number of esters is 8. The van der Waals surface area contributed by atoms with Gasteiger partial charge < -0.3 is 63.1 Å². The molecule has 758 valence electrons. The predicted molar refractivity (Wildman–Crippen MR) is 546 cm³/mol. The number of phenolic OH excluding ortho intramolecular Hbond substituents is 4. The number of benzene rings is 6. The van der Waals surface area contributed by atoms with Crippen LogP contribution < -0.4 is 0 Å². The van der Waals surface area contributed by atoms with Gasteiger partial charge in [-0.1, -0.05) is 217 Å². The van der Waals surface area contributed by atoms with E-state index in [0.717, 1.165) is 124 Å². The molecule has 4 N–H and O–H groups in total. The van der Waals surface area contributed by atoms with Gasteiger partial charge in [0.05, 0.1) is 34.9 Å². The molecule has 11 rings (SSSR count). The molecule has 2 heterocycles. The van der Waals surface area contributed by atoms with Crippen molar-refractivity contribution in [3.8, 4) is 23.0 Å². The van der Waals surface area contributed by atoms with Crippen molar-refractivity contribution in [3.05, 3.63) is 225 Å². The van der Waals surface area contributed by atoms with Crippen molar-refractivity contribution < 1.29 is 101 Å². The molecule has 0 amide bonds. The summed E-state index contributed by atoms with van der Waals surface area (Å²) in [7, 11) is 0. The number of carbonyl (C=O) groups excluding carboxylic acids is 8. The minimum absolute atomic E-state index is 0.256. The molecule has 1 saturated heterocycles. The summed E-state index contributed by atoms with van der Waals surface area (Å²) in [4.78, 5) is 98.1. The molecule has 0 radical (unpaired) electrons. The molecule has 6 aromatic carbocycles. The zero-order valence-corrected chi connectivity index (χ0v) is 87.9. The lowest BCUT2D eigenvalue weighted by Crippen LogP contribution is -2.40. The van der Waals surface area contributed by atoms with Crippen molar-refractivity contribution in [2.75, 3.05) is 33.0 Å². The van der Waals surface area contributed by atoms with Gasteiger partial charge >= 0.3 is 47.8 Å². The molecule has 0 bridgehead atoms. The fourth-order valence-corrected chi connectivity index (χ4v) is 16.0. The fraction of sp³-hybridized carbons (Fsp3) is 0.565. The van der Waals surface area contributed by atoms with E-state index >= 15 is 0 Å². The Bertz CT molecular complexity index is 4520. The molecule has 7 aromatic rings. The second-order valence-electron chi connectivity index (χ2n) is 39.7. The van der Waals surface area contributed by atoms with Gasteiger partial charge in [0.1, 0.15) is 45.4 Å². The van der Waals surface area contributed by atoms with Gasteiger partial charge in [-0.05, 0) is 327 Å². The third-order valence-corrected chi connectivity index (χ3v) is 28.8. The third kappa shape index (κ3) is 38.8. The van der Waals surface area contributed by atoms with Crippen LogP contribution in [0.5, 0.6) is 23.0 Å². The molecule has 21 nitrogen and oxygen atoms in total. The summed E-state index contributed by atoms with van der Waals surface area (Å²) in [6.07, 6.45) is 20.6. The molecule has 22 heteroatoms. The zero-order chi connectivity index (χ0) is 103. The molecule has 0 spiro atoms. The predicted octanol–water partition coefficient (Wildman–Crippen LogP) is 27.5. The van der Waals surface area contributed by atoms with Gasteiger partial charge in [-0.2, -0.15) is 0 Å². The van der Waals surface area contributed by atoms with E-state index < -0.39 is 74.0 Å². The first-order valence-electron chi connectivity index (χ1n) is 49.8. The number of carbonyl (C=O) groups is 8. The number of rotatable bonds is 32. The van der Waals surface area contributed by atoms with Crippen molar-refractivity contribution in [3.63, 3.8) is 0 Å². The van der Waals surface area contributed by atoms with Crippen molar-refractivity contribution >= 4 is 59.1 Å². The lowest BCUT2D eigenvalue weighted by Gasteiger charge is -2.38. The lowest BCUT2D eigenvalue weighted by atomic mass is 9.79. The van der Waals surface area contributed by atoms with Crippen LogP contribution >= 0.6 is 11.3 Å². The summed E-state index contributed by atoms with van der Waals surface area (Å²) in [6.45, 7) is 51.1. The maximum atomic E-state index is 12.7. The Morgan fingerprint density at radius 3 is 1.01 bits per heavy atom. The number of thiophene rings is 1.